The number of hydrogen-bond donors (Lipinski definition) is 1. The second-order valence-corrected chi connectivity index (χ2v) is 8.84. The maximum absolute atomic E-state index is 13.3. The van der Waals surface area contributed by atoms with Crippen molar-refractivity contribution in [3.05, 3.63) is 72.2 Å². The Balaban J connectivity index is 1.49. The molecule has 172 valence electrons. The van der Waals surface area contributed by atoms with Gasteiger partial charge < -0.3 is 9.47 Å². The van der Waals surface area contributed by atoms with Gasteiger partial charge in [0.15, 0.2) is 0 Å². The number of imidazole rings is 1. The van der Waals surface area contributed by atoms with Gasteiger partial charge in [-0.05, 0) is 51.3 Å². The van der Waals surface area contributed by atoms with Crippen molar-refractivity contribution in [1.82, 2.24) is 14.5 Å². The van der Waals surface area contributed by atoms with Crippen LogP contribution in [0.1, 0.15) is 51.1 Å². The smallest absolute Gasteiger partial charge is 0.246 e. The molecule has 2 aromatic carbocycles. The quantitative estimate of drug-likeness (QED) is 0.527. The third-order valence-corrected chi connectivity index (χ3v) is 5.95. The highest BCUT2D eigenvalue weighted by Gasteiger charge is 2.29. The molecular formula is C26H29FN4O2. The number of carbonyl (C=O) groups is 2. The zero-order valence-electron chi connectivity index (χ0n) is 19.2. The predicted molar refractivity (Wildman–Crippen MR) is 126 cm³/mol. The van der Waals surface area contributed by atoms with E-state index in [2.05, 4.69) is 10.3 Å². The molecule has 4 rings (SSSR count). The molecule has 1 aliphatic rings. The van der Waals surface area contributed by atoms with E-state index in [0.717, 1.165) is 24.1 Å². The number of benzene rings is 2. The van der Waals surface area contributed by atoms with Gasteiger partial charge in [-0.1, -0.05) is 42.5 Å². The van der Waals surface area contributed by atoms with Gasteiger partial charge in [-0.25, -0.2) is 9.37 Å². The van der Waals surface area contributed by atoms with Gasteiger partial charge in [0, 0.05) is 23.8 Å². The van der Waals surface area contributed by atoms with Gasteiger partial charge >= 0.3 is 0 Å². The summed E-state index contributed by atoms with van der Waals surface area (Å²) in [5, 5.41) is 2.92. The SMILES string of the molecule is CC(C(=O)N(CC(=O)Nc1nc(-c2ccccc2)cn1C1CC1)C(C)C)c1ccc(F)cc1. The van der Waals surface area contributed by atoms with Crippen molar-refractivity contribution < 1.29 is 14.0 Å². The number of anilines is 1. The molecule has 1 N–H and O–H groups in total. The average molecular weight is 449 g/mol. The molecule has 33 heavy (non-hydrogen) atoms. The minimum atomic E-state index is -0.487. The number of halogens is 1. The highest BCUT2D eigenvalue weighted by molar-refractivity contribution is 5.95. The maximum atomic E-state index is 13.3. The molecule has 7 heteroatoms. The topological polar surface area (TPSA) is 67.2 Å². The lowest BCUT2D eigenvalue weighted by Crippen LogP contribution is -2.44. The fraction of sp³-hybridized carbons (Fsp3) is 0.346. The molecule has 1 unspecified atom stereocenters. The third kappa shape index (κ3) is 5.30. The number of amides is 2. The van der Waals surface area contributed by atoms with E-state index in [9.17, 15) is 14.0 Å². The number of aromatic nitrogens is 2. The van der Waals surface area contributed by atoms with Crippen LogP contribution in [0.5, 0.6) is 0 Å². The molecule has 2 amide bonds. The first-order chi connectivity index (χ1) is 15.8. The van der Waals surface area contributed by atoms with Gasteiger partial charge in [0.1, 0.15) is 12.4 Å². The van der Waals surface area contributed by atoms with E-state index in [1.807, 2.05) is 54.9 Å². The molecule has 6 nitrogen and oxygen atoms in total. The highest BCUT2D eigenvalue weighted by Crippen LogP contribution is 2.38. The molecule has 1 saturated carbocycles. The van der Waals surface area contributed by atoms with E-state index < -0.39 is 5.92 Å². The van der Waals surface area contributed by atoms with Crippen molar-refractivity contribution in [2.75, 3.05) is 11.9 Å². The van der Waals surface area contributed by atoms with Crippen LogP contribution in [0.2, 0.25) is 0 Å². The largest absolute Gasteiger partial charge is 0.330 e. The first-order valence-electron chi connectivity index (χ1n) is 11.3. The highest BCUT2D eigenvalue weighted by atomic mass is 19.1. The summed E-state index contributed by atoms with van der Waals surface area (Å²) in [6.45, 7) is 5.44. The lowest BCUT2D eigenvalue weighted by Gasteiger charge is -2.29. The van der Waals surface area contributed by atoms with Crippen LogP contribution in [0, 0.1) is 5.82 Å². The van der Waals surface area contributed by atoms with Crippen molar-refractivity contribution in [1.29, 1.82) is 0 Å². The molecule has 1 fully saturated rings. The van der Waals surface area contributed by atoms with E-state index in [-0.39, 0.29) is 30.2 Å². The number of carbonyl (C=O) groups excluding carboxylic acids is 2. The molecule has 1 atom stereocenters. The number of hydrogen-bond acceptors (Lipinski definition) is 3. The number of nitrogens with zero attached hydrogens (tertiary/aromatic N) is 3. The fourth-order valence-electron chi connectivity index (χ4n) is 3.84. The van der Waals surface area contributed by atoms with Crippen LogP contribution in [0.3, 0.4) is 0 Å². The van der Waals surface area contributed by atoms with Gasteiger partial charge in [-0.3, -0.25) is 14.9 Å². The Bertz CT molecular complexity index is 1120. The fourth-order valence-corrected chi connectivity index (χ4v) is 3.84. The van der Waals surface area contributed by atoms with Crippen molar-refractivity contribution >= 4 is 17.8 Å². The molecule has 0 aliphatic heterocycles. The summed E-state index contributed by atoms with van der Waals surface area (Å²) in [5.41, 5.74) is 2.50. The van der Waals surface area contributed by atoms with Gasteiger partial charge in [-0.15, -0.1) is 0 Å². The van der Waals surface area contributed by atoms with Gasteiger partial charge in [-0.2, -0.15) is 0 Å². The second-order valence-electron chi connectivity index (χ2n) is 8.84. The van der Waals surface area contributed by atoms with E-state index in [0.29, 0.717) is 17.6 Å². The maximum Gasteiger partial charge on any atom is 0.246 e. The molecule has 1 aliphatic carbocycles. The Morgan fingerprint density at radius 1 is 1.09 bits per heavy atom. The summed E-state index contributed by atoms with van der Waals surface area (Å²) in [5.74, 6) is -0.805. The van der Waals surface area contributed by atoms with E-state index in [1.165, 1.54) is 12.1 Å². The van der Waals surface area contributed by atoms with Gasteiger partial charge in [0.2, 0.25) is 17.8 Å². The molecular weight excluding hydrogens is 419 g/mol. The number of nitrogens with one attached hydrogen (secondary N) is 1. The Labute approximate surface area is 193 Å². The molecule has 1 heterocycles. The summed E-state index contributed by atoms with van der Waals surface area (Å²) in [7, 11) is 0. The van der Waals surface area contributed by atoms with E-state index in [4.69, 9.17) is 0 Å². The van der Waals surface area contributed by atoms with Crippen LogP contribution in [0.25, 0.3) is 11.3 Å². The Hall–Kier alpha value is -3.48. The first kappa shape index (κ1) is 22.7. The van der Waals surface area contributed by atoms with Gasteiger partial charge in [0.05, 0.1) is 11.6 Å². The molecule has 3 aromatic rings. The Morgan fingerprint density at radius 2 is 1.76 bits per heavy atom. The van der Waals surface area contributed by atoms with Gasteiger partial charge in [0.25, 0.3) is 0 Å². The summed E-state index contributed by atoms with van der Waals surface area (Å²) in [6.07, 6.45) is 4.09. The first-order valence-corrected chi connectivity index (χ1v) is 11.3. The van der Waals surface area contributed by atoms with Crippen LogP contribution in [0.4, 0.5) is 10.3 Å². The Kier molecular flexibility index (Phi) is 6.58. The van der Waals surface area contributed by atoms with E-state index in [1.54, 1.807) is 24.0 Å². The minimum absolute atomic E-state index is 0.0831. The summed E-state index contributed by atoms with van der Waals surface area (Å²) in [6, 6.07) is 15.9. The predicted octanol–water partition coefficient (Wildman–Crippen LogP) is 5.00. The normalized spacial score (nSPS) is 14.2. The summed E-state index contributed by atoms with van der Waals surface area (Å²) >= 11 is 0. The average Bonchev–Trinajstić information content (AvgIpc) is 3.57. The van der Waals surface area contributed by atoms with Crippen LogP contribution in [-0.2, 0) is 9.59 Å². The summed E-state index contributed by atoms with van der Waals surface area (Å²) < 4.78 is 15.3. The minimum Gasteiger partial charge on any atom is -0.330 e. The Morgan fingerprint density at radius 3 is 2.36 bits per heavy atom. The van der Waals surface area contributed by atoms with Crippen LogP contribution in [-0.4, -0.2) is 38.9 Å². The van der Waals surface area contributed by atoms with Crippen LogP contribution >= 0.6 is 0 Å². The second kappa shape index (κ2) is 9.57. The summed E-state index contributed by atoms with van der Waals surface area (Å²) in [4.78, 5) is 32.3. The molecule has 0 saturated heterocycles. The molecule has 0 bridgehead atoms. The van der Waals surface area contributed by atoms with Crippen LogP contribution < -0.4 is 5.32 Å². The molecule has 0 spiro atoms. The van der Waals surface area contributed by atoms with Crippen molar-refractivity contribution in [2.45, 2.75) is 51.6 Å². The monoisotopic (exact) mass is 448 g/mol. The van der Waals surface area contributed by atoms with E-state index >= 15 is 0 Å². The zero-order valence-corrected chi connectivity index (χ0v) is 19.2. The van der Waals surface area contributed by atoms with Crippen molar-refractivity contribution in [2.24, 2.45) is 0 Å². The molecule has 0 radical (unpaired) electrons. The zero-order chi connectivity index (χ0) is 23.5. The standard InChI is InChI=1S/C26H29FN4O2/c1-17(2)30(25(33)18(3)19-9-11-21(27)12-10-19)16-24(32)29-26-28-23(15-31(26)22-13-14-22)20-7-5-4-6-8-20/h4-12,15,17-18,22H,13-14,16H2,1-3H3,(H,28,29,32). The lowest BCUT2D eigenvalue weighted by atomic mass is 9.99. The lowest BCUT2D eigenvalue weighted by molar-refractivity contribution is -0.137. The molecule has 1 aromatic heterocycles. The third-order valence-electron chi connectivity index (χ3n) is 5.95. The number of rotatable bonds is 8. The van der Waals surface area contributed by atoms with Crippen LogP contribution in [0.15, 0.2) is 60.8 Å². The van der Waals surface area contributed by atoms with Crippen molar-refractivity contribution in [3.63, 3.8) is 0 Å². The van der Waals surface area contributed by atoms with Crippen molar-refractivity contribution in [3.8, 4) is 11.3 Å².